The lowest BCUT2D eigenvalue weighted by molar-refractivity contribution is -0.147. The molecule has 136 valence electrons. The molecule has 2 amide bonds. The van der Waals surface area contributed by atoms with Gasteiger partial charge in [-0.05, 0) is 12.1 Å². The monoisotopic (exact) mass is 357 g/mol. The van der Waals surface area contributed by atoms with Crippen molar-refractivity contribution < 1.29 is 19.5 Å². The number of benzene rings is 1. The molecule has 0 radical (unpaired) electrons. The average Bonchev–Trinajstić information content (AvgIpc) is 3.30. The van der Waals surface area contributed by atoms with Gasteiger partial charge in [0.1, 0.15) is 6.04 Å². The Balaban J connectivity index is 1.61. The van der Waals surface area contributed by atoms with Crippen LogP contribution in [0.2, 0.25) is 0 Å². The Hall–Kier alpha value is -3.36. The maximum absolute atomic E-state index is 12.4. The topological polar surface area (TPSA) is 127 Å². The standard InChI is InChI=1S/C17H19N5O4/c23-14(9-20-17-18-6-7-19-17)22-10-12(8-13(22)16(25)26)21-15(24)11-4-2-1-3-5-11/h1-7,12-13H,8-10H2,(H,21,24)(H,25,26)(H2,18,19,20). The van der Waals surface area contributed by atoms with Crippen molar-refractivity contribution in [2.24, 2.45) is 0 Å². The first kappa shape index (κ1) is 17.5. The summed E-state index contributed by atoms with van der Waals surface area (Å²) >= 11 is 0. The maximum atomic E-state index is 12.4. The van der Waals surface area contributed by atoms with Crippen LogP contribution in [-0.2, 0) is 9.59 Å². The number of carboxylic acid groups (broad SMARTS) is 1. The molecule has 2 unspecified atom stereocenters. The summed E-state index contributed by atoms with van der Waals surface area (Å²) in [4.78, 5) is 44.2. The van der Waals surface area contributed by atoms with E-state index in [0.717, 1.165) is 0 Å². The Morgan fingerprint density at radius 2 is 2.04 bits per heavy atom. The average molecular weight is 357 g/mol. The van der Waals surface area contributed by atoms with Crippen LogP contribution in [0.1, 0.15) is 16.8 Å². The summed E-state index contributed by atoms with van der Waals surface area (Å²) < 4.78 is 0. The van der Waals surface area contributed by atoms with Crippen molar-refractivity contribution in [2.75, 3.05) is 18.4 Å². The Bertz CT molecular complexity index is 778. The number of nitrogens with one attached hydrogen (secondary N) is 3. The van der Waals surface area contributed by atoms with Crippen molar-refractivity contribution in [3.8, 4) is 0 Å². The number of anilines is 1. The summed E-state index contributed by atoms with van der Waals surface area (Å²) in [5.41, 5.74) is 0.489. The second-order valence-corrected chi connectivity index (χ2v) is 5.96. The third kappa shape index (κ3) is 4.00. The van der Waals surface area contributed by atoms with Crippen molar-refractivity contribution in [1.82, 2.24) is 20.2 Å². The fourth-order valence-electron chi connectivity index (χ4n) is 2.93. The number of aromatic amines is 1. The summed E-state index contributed by atoms with van der Waals surface area (Å²) in [7, 11) is 0. The second-order valence-electron chi connectivity index (χ2n) is 5.96. The normalized spacial score (nSPS) is 19.2. The Labute approximate surface area is 149 Å². The van der Waals surface area contributed by atoms with Crippen LogP contribution >= 0.6 is 0 Å². The highest BCUT2D eigenvalue weighted by Gasteiger charge is 2.40. The largest absolute Gasteiger partial charge is 0.480 e. The lowest BCUT2D eigenvalue weighted by atomic mass is 10.1. The first-order valence-electron chi connectivity index (χ1n) is 8.16. The second kappa shape index (κ2) is 7.68. The van der Waals surface area contributed by atoms with Crippen LogP contribution in [0.25, 0.3) is 0 Å². The van der Waals surface area contributed by atoms with Crippen LogP contribution in [0.4, 0.5) is 5.95 Å². The van der Waals surface area contributed by atoms with E-state index < -0.39 is 18.1 Å². The van der Waals surface area contributed by atoms with Gasteiger partial charge in [-0.3, -0.25) is 9.59 Å². The molecular formula is C17H19N5O4. The van der Waals surface area contributed by atoms with Crippen molar-refractivity contribution in [3.63, 3.8) is 0 Å². The van der Waals surface area contributed by atoms with E-state index in [1.54, 1.807) is 36.5 Å². The van der Waals surface area contributed by atoms with Crippen LogP contribution in [0.15, 0.2) is 42.7 Å². The molecule has 2 aromatic rings. The van der Waals surface area contributed by atoms with E-state index in [4.69, 9.17) is 0 Å². The molecule has 1 saturated heterocycles. The molecule has 0 bridgehead atoms. The van der Waals surface area contributed by atoms with E-state index in [-0.39, 0.29) is 31.3 Å². The SMILES string of the molecule is O=C(NC1CC(C(=O)O)N(C(=O)CNc2ncc[nH]2)C1)c1ccccc1. The number of hydrogen-bond donors (Lipinski definition) is 4. The number of aromatic nitrogens is 2. The minimum atomic E-state index is -1.09. The maximum Gasteiger partial charge on any atom is 0.326 e. The lowest BCUT2D eigenvalue weighted by Crippen LogP contribution is -2.44. The van der Waals surface area contributed by atoms with Gasteiger partial charge in [-0.2, -0.15) is 0 Å². The fourth-order valence-corrected chi connectivity index (χ4v) is 2.93. The van der Waals surface area contributed by atoms with Gasteiger partial charge in [-0.1, -0.05) is 18.2 Å². The molecule has 1 aliphatic heterocycles. The van der Waals surface area contributed by atoms with Crippen LogP contribution in [0, 0.1) is 0 Å². The van der Waals surface area contributed by atoms with Gasteiger partial charge in [0.25, 0.3) is 5.91 Å². The van der Waals surface area contributed by atoms with E-state index >= 15 is 0 Å². The zero-order valence-electron chi connectivity index (χ0n) is 13.9. The Kier molecular flexibility index (Phi) is 5.16. The number of aliphatic carboxylic acids is 1. The number of carboxylic acids is 1. The summed E-state index contributed by atoms with van der Waals surface area (Å²) in [6.07, 6.45) is 3.32. The van der Waals surface area contributed by atoms with Crippen LogP contribution in [0.5, 0.6) is 0 Å². The molecule has 0 spiro atoms. The third-order valence-electron chi connectivity index (χ3n) is 4.18. The zero-order chi connectivity index (χ0) is 18.5. The molecule has 1 aliphatic rings. The fraction of sp³-hybridized carbons (Fsp3) is 0.294. The van der Waals surface area contributed by atoms with Crippen molar-refractivity contribution in [1.29, 1.82) is 0 Å². The highest BCUT2D eigenvalue weighted by Crippen LogP contribution is 2.19. The molecule has 9 nitrogen and oxygen atoms in total. The van der Waals surface area contributed by atoms with Gasteiger partial charge in [0.2, 0.25) is 11.9 Å². The summed E-state index contributed by atoms with van der Waals surface area (Å²) in [5.74, 6) is -1.32. The quantitative estimate of drug-likeness (QED) is 0.589. The van der Waals surface area contributed by atoms with Crippen molar-refractivity contribution in [2.45, 2.75) is 18.5 Å². The van der Waals surface area contributed by atoms with E-state index in [9.17, 15) is 19.5 Å². The van der Waals surface area contributed by atoms with Gasteiger partial charge in [0.05, 0.1) is 6.54 Å². The minimum absolute atomic E-state index is 0.0867. The highest BCUT2D eigenvalue weighted by molar-refractivity contribution is 5.94. The molecule has 0 aliphatic carbocycles. The van der Waals surface area contributed by atoms with E-state index in [1.807, 2.05) is 0 Å². The van der Waals surface area contributed by atoms with Crippen LogP contribution in [0.3, 0.4) is 0 Å². The molecule has 1 aromatic carbocycles. The Morgan fingerprint density at radius 1 is 1.27 bits per heavy atom. The number of rotatable bonds is 6. The summed E-state index contributed by atoms with van der Waals surface area (Å²) in [5, 5.41) is 15.0. The molecule has 3 rings (SSSR count). The Morgan fingerprint density at radius 3 is 2.69 bits per heavy atom. The lowest BCUT2D eigenvalue weighted by Gasteiger charge is -2.21. The molecule has 0 saturated carbocycles. The number of carbonyl (C=O) groups excluding carboxylic acids is 2. The molecule has 1 fully saturated rings. The molecule has 26 heavy (non-hydrogen) atoms. The van der Waals surface area contributed by atoms with Gasteiger partial charge >= 0.3 is 5.97 Å². The smallest absolute Gasteiger partial charge is 0.326 e. The first-order valence-corrected chi connectivity index (χ1v) is 8.16. The molecule has 2 atom stereocenters. The van der Waals surface area contributed by atoms with E-state index in [0.29, 0.717) is 11.5 Å². The van der Waals surface area contributed by atoms with Crippen molar-refractivity contribution >= 4 is 23.7 Å². The van der Waals surface area contributed by atoms with Crippen LogP contribution < -0.4 is 10.6 Å². The molecular weight excluding hydrogens is 338 g/mol. The highest BCUT2D eigenvalue weighted by atomic mass is 16.4. The van der Waals surface area contributed by atoms with Gasteiger partial charge < -0.3 is 25.6 Å². The number of amides is 2. The number of imidazole rings is 1. The van der Waals surface area contributed by atoms with E-state index in [1.165, 1.54) is 11.1 Å². The minimum Gasteiger partial charge on any atom is -0.480 e. The van der Waals surface area contributed by atoms with Gasteiger partial charge in [0, 0.05) is 37.0 Å². The number of nitrogens with zero attached hydrogens (tertiary/aromatic N) is 2. The predicted octanol–water partition coefficient (Wildman–Crippen LogP) is 0.306. The summed E-state index contributed by atoms with van der Waals surface area (Å²) in [6.45, 7) is 0.0604. The van der Waals surface area contributed by atoms with Crippen molar-refractivity contribution in [3.05, 3.63) is 48.3 Å². The number of hydrogen-bond acceptors (Lipinski definition) is 5. The zero-order valence-corrected chi connectivity index (χ0v) is 13.9. The number of likely N-dealkylation sites (tertiary alicyclic amines) is 1. The first-order chi connectivity index (χ1) is 12.5. The number of carbonyl (C=O) groups is 3. The molecule has 2 heterocycles. The molecule has 1 aromatic heterocycles. The van der Waals surface area contributed by atoms with Gasteiger partial charge in [-0.15, -0.1) is 0 Å². The van der Waals surface area contributed by atoms with Crippen LogP contribution in [-0.4, -0.2) is 62.9 Å². The number of H-pyrrole nitrogens is 1. The van der Waals surface area contributed by atoms with Gasteiger partial charge in [-0.25, -0.2) is 9.78 Å². The molecule has 9 heteroatoms. The predicted molar refractivity (Wildman–Crippen MR) is 92.5 cm³/mol. The van der Waals surface area contributed by atoms with E-state index in [2.05, 4.69) is 20.6 Å². The third-order valence-corrected chi connectivity index (χ3v) is 4.18. The molecule has 4 N–H and O–H groups in total. The van der Waals surface area contributed by atoms with Gasteiger partial charge in [0.15, 0.2) is 0 Å². The summed E-state index contributed by atoms with van der Waals surface area (Å²) in [6, 6.07) is 7.27.